The smallest absolute Gasteiger partial charge is 0.143 e. The molecule has 0 saturated carbocycles. The van der Waals surface area contributed by atoms with Crippen molar-refractivity contribution in [1.29, 1.82) is 0 Å². The monoisotopic (exact) mass is 442 g/mol. The second-order valence-corrected chi connectivity index (χ2v) is 10.1. The van der Waals surface area contributed by atoms with Gasteiger partial charge in [-0.2, -0.15) is 0 Å². The van der Waals surface area contributed by atoms with Crippen molar-refractivity contribution in [3.8, 4) is 11.4 Å². The van der Waals surface area contributed by atoms with Crippen LogP contribution in [0.1, 0.15) is 46.6 Å². The van der Waals surface area contributed by atoms with Gasteiger partial charge < -0.3 is 5.11 Å². The third-order valence-corrected chi connectivity index (χ3v) is 5.46. The van der Waals surface area contributed by atoms with Gasteiger partial charge in [0.15, 0.2) is 0 Å². The second-order valence-electron chi connectivity index (χ2n) is 10.1. The fraction of sp³-hybridized carbons (Fsp3) is 0.308. The van der Waals surface area contributed by atoms with Crippen LogP contribution in [0.25, 0.3) is 27.8 Å². The zero-order valence-electron chi connectivity index (χ0n) is 19.7. The molecule has 2 aromatic heterocycles. The lowest BCUT2D eigenvalue weighted by molar-refractivity contribution is 0.284. The van der Waals surface area contributed by atoms with E-state index in [1.165, 1.54) is 10.4 Å². The van der Waals surface area contributed by atoms with Gasteiger partial charge in [-0.1, -0.05) is 70.2 Å². The van der Waals surface area contributed by atoms with Gasteiger partial charge in [0.2, 0.25) is 0 Å². The molecule has 0 saturated heterocycles. The first-order valence-electron chi connectivity index (χ1n) is 11.0. The molecule has 0 unspecified atom stereocenters. The van der Waals surface area contributed by atoms with Gasteiger partial charge in [-0.25, -0.2) is 0 Å². The van der Waals surface area contributed by atoms with E-state index in [4.69, 9.17) is 0 Å². The van der Waals surface area contributed by atoms with E-state index in [1.54, 1.807) is 6.07 Å². The molecular formula is C26H30N6O. The van der Waals surface area contributed by atoms with Crippen LogP contribution < -0.4 is 0 Å². The molecule has 170 valence electrons. The molecule has 0 fully saturated rings. The maximum Gasteiger partial charge on any atom is 0.143 e. The zero-order valence-corrected chi connectivity index (χ0v) is 19.7. The van der Waals surface area contributed by atoms with Crippen molar-refractivity contribution in [1.82, 2.24) is 30.4 Å². The maximum atomic E-state index is 10.3. The number of phenols is 1. The number of phenolic OH excluding ortho intramolecular Hbond substituents is 1. The summed E-state index contributed by atoms with van der Waals surface area (Å²) in [7, 11) is 0. The number of fused-ring (bicyclic) bond motifs is 2. The van der Waals surface area contributed by atoms with Crippen molar-refractivity contribution in [2.45, 2.75) is 46.5 Å². The lowest BCUT2D eigenvalue weighted by Crippen LogP contribution is -2.25. The Kier molecular flexibility index (Phi) is 5.89. The number of aromatic hydroxyl groups is 1. The van der Waals surface area contributed by atoms with Gasteiger partial charge in [-0.05, 0) is 59.2 Å². The fourth-order valence-corrected chi connectivity index (χ4v) is 4.29. The quantitative estimate of drug-likeness (QED) is 0.368. The molecule has 2 N–H and O–H groups in total. The molecule has 5 rings (SSSR count). The first-order chi connectivity index (χ1) is 15.6. The summed E-state index contributed by atoms with van der Waals surface area (Å²) in [4.78, 5) is 1.52. The van der Waals surface area contributed by atoms with Crippen LogP contribution in [0.15, 0.2) is 66.7 Å². The van der Waals surface area contributed by atoms with Crippen LogP contribution in [0.4, 0.5) is 0 Å². The minimum atomic E-state index is -0.00667. The van der Waals surface area contributed by atoms with E-state index in [-0.39, 0.29) is 16.6 Å². The lowest BCUT2D eigenvalue weighted by Gasteiger charge is -2.33. The number of nitrogens with zero attached hydrogens (tertiary/aromatic N) is 5. The lowest BCUT2D eigenvalue weighted by atomic mass is 9.72. The number of aromatic nitrogens is 6. The Bertz CT molecular complexity index is 1310. The first-order valence-corrected chi connectivity index (χ1v) is 11.0. The molecule has 0 aliphatic carbocycles. The Hall–Kier alpha value is -3.74. The van der Waals surface area contributed by atoms with E-state index in [0.717, 1.165) is 28.5 Å². The van der Waals surface area contributed by atoms with E-state index in [0.29, 0.717) is 5.69 Å². The van der Waals surface area contributed by atoms with Crippen LogP contribution in [0.5, 0.6) is 5.75 Å². The van der Waals surface area contributed by atoms with Crippen molar-refractivity contribution in [3.63, 3.8) is 0 Å². The summed E-state index contributed by atoms with van der Waals surface area (Å²) in [6, 6.07) is 21.2. The third-order valence-electron chi connectivity index (χ3n) is 5.46. The molecule has 0 aliphatic heterocycles. The van der Waals surface area contributed by atoms with Crippen LogP contribution in [-0.2, 0) is 5.41 Å². The highest BCUT2D eigenvalue weighted by atomic mass is 16.3. The van der Waals surface area contributed by atoms with Gasteiger partial charge in [0.05, 0.1) is 5.52 Å². The van der Waals surface area contributed by atoms with Gasteiger partial charge in [0.25, 0.3) is 0 Å². The number of rotatable bonds is 3. The third kappa shape index (κ3) is 5.19. The molecule has 0 bridgehead atoms. The predicted molar refractivity (Wildman–Crippen MR) is 132 cm³/mol. The summed E-state index contributed by atoms with van der Waals surface area (Å²) in [5.74, 6) is 0.186. The average Bonchev–Trinajstić information content (AvgIpc) is 3.39. The molecule has 33 heavy (non-hydrogen) atoms. The number of hydrogen-bond donors (Lipinski definition) is 2. The summed E-state index contributed by atoms with van der Waals surface area (Å²) >= 11 is 0. The maximum absolute atomic E-state index is 10.3. The highest BCUT2D eigenvalue weighted by Gasteiger charge is 2.28. The summed E-state index contributed by atoms with van der Waals surface area (Å²) in [5, 5.41) is 29.5. The molecule has 7 heteroatoms. The summed E-state index contributed by atoms with van der Waals surface area (Å²) in [5.41, 5.74) is 5.53. The van der Waals surface area contributed by atoms with Gasteiger partial charge in [-0.3, -0.25) is 5.10 Å². The largest absolute Gasteiger partial charge is 0.506 e. The molecule has 3 aromatic carbocycles. The number of benzene rings is 3. The molecule has 0 amide bonds. The van der Waals surface area contributed by atoms with Crippen LogP contribution in [0.2, 0.25) is 0 Å². The van der Waals surface area contributed by atoms with Crippen LogP contribution in [-0.4, -0.2) is 35.5 Å². The van der Waals surface area contributed by atoms with E-state index in [1.807, 2.05) is 60.7 Å². The highest BCUT2D eigenvalue weighted by Crippen LogP contribution is 2.38. The standard InChI is InChI=1S/C20H25N3O.C6H5N3/c1-19(2,3)13-20(4,5)14-10-11-18(24)17(12-14)23-21-15-8-6-7-9-16(15)22-23;1-2-4-6-5(3-1)7-9-8-6/h6-12,24H,13H2,1-5H3;1-4H,(H,7,8,9). The van der Waals surface area contributed by atoms with Crippen LogP contribution in [0, 0.1) is 5.41 Å². The summed E-state index contributed by atoms with van der Waals surface area (Å²) in [6.45, 7) is 11.2. The second kappa shape index (κ2) is 8.65. The topological polar surface area (TPSA) is 92.5 Å². The predicted octanol–water partition coefficient (Wildman–Crippen LogP) is 5.80. The van der Waals surface area contributed by atoms with Crippen molar-refractivity contribution in [2.75, 3.05) is 0 Å². The van der Waals surface area contributed by atoms with E-state index >= 15 is 0 Å². The molecular weight excluding hydrogens is 412 g/mol. The molecule has 2 heterocycles. The number of para-hydroxylation sites is 1. The number of H-pyrrole nitrogens is 1. The number of hydrogen-bond acceptors (Lipinski definition) is 5. The molecule has 0 aliphatic rings. The minimum Gasteiger partial charge on any atom is -0.506 e. The first kappa shape index (κ1) is 22.5. The van der Waals surface area contributed by atoms with Crippen molar-refractivity contribution < 1.29 is 5.11 Å². The normalized spacial score (nSPS) is 12.0. The van der Waals surface area contributed by atoms with Gasteiger partial charge >= 0.3 is 0 Å². The SMILES string of the molecule is CC(C)(C)CC(C)(C)c1ccc(O)c(-n2nc3ccccc3n2)c1.c1ccc2[nH]nnc2c1. The number of aromatic amines is 1. The molecule has 0 atom stereocenters. The summed E-state index contributed by atoms with van der Waals surface area (Å²) < 4.78 is 0. The van der Waals surface area contributed by atoms with Crippen LogP contribution in [0.3, 0.4) is 0 Å². The van der Waals surface area contributed by atoms with E-state index in [2.05, 4.69) is 60.2 Å². The Morgan fingerprint density at radius 1 is 0.818 bits per heavy atom. The Balaban J connectivity index is 0.000000238. The van der Waals surface area contributed by atoms with Crippen molar-refractivity contribution in [3.05, 3.63) is 72.3 Å². The highest BCUT2D eigenvalue weighted by molar-refractivity contribution is 5.74. The van der Waals surface area contributed by atoms with Crippen molar-refractivity contribution in [2.24, 2.45) is 5.41 Å². The van der Waals surface area contributed by atoms with Gasteiger partial charge in [0.1, 0.15) is 28.0 Å². The van der Waals surface area contributed by atoms with E-state index < -0.39 is 0 Å². The molecule has 0 spiro atoms. The Morgan fingerprint density at radius 3 is 2.03 bits per heavy atom. The summed E-state index contributed by atoms with van der Waals surface area (Å²) in [6.07, 6.45) is 1.04. The van der Waals surface area contributed by atoms with E-state index in [9.17, 15) is 5.11 Å². The molecule has 0 radical (unpaired) electrons. The van der Waals surface area contributed by atoms with Gasteiger partial charge in [-0.15, -0.1) is 20.1 Å². The zero-order chi connectivity index (χ0) is 23.6. The molecule has 5 aromatic rings. The minimum absolute atomic E-state index is 0.00667. The van der Waals surface area contributed by atoms with Crippen LogP contribution >= 0.6 is 0 Å². The Morgan fingerprint density at radius 2 is 1.42 bits per heavy atom. The van der Waals surface area contributed by atoms with Gasteiger partial charge in [0, 0.05) is 0 Å². The van der Waals surface area contributed by atoms with Crippen molar-refractivity contribution >= 4 is 22.1 Å². The fourth-order valence-electron chi connectivity index (χ4n) is 4.29. The average molecular weight is 443 g/mol. The number of nitrogens with one attached hydrogen (secondary N) is 1. The molecule has 7 nitrogen and oxygen atoms in total. The Labute approximate surface area is 193 Å².